The minimum atomic E-state index is -3.48. The van der Waals surface area contributed by atoms with Crippen molar-refractivity contribution in [2.24, 2.45) is 0 Å². The third-order valence-electron chi connectivity index (χ3n) is 3.14. The molecule has 0 bridgehead atoms. The molecule has 0 aliphatic carbocycles. The van der Waals surface area contributed by atoms with Crippen LogP contribution in [0.1, 0.15) is 32.8 Å². The van der Waals surface area contributed by atoms with E-state index in [2.05, 4.69) is 10.0 Å². The molecule has 0 unspecified atom stereocenters. The molecule has 1 aromatic rings. The zero-order valence-corrected chi connectivity index (χ0v) is 14.1. The summed E-state index contributed by atoms with van der Waals surface area (Å²) in [4.78, 5) is 12.1. The van der Waals surface area contributed by atoms with Crippen molar-refractivity contribution in [1.29, 1.82) is 0 Å². The average Bonchev–Trinajstić information content (AvgIpc) is 2.33. The van der Waals surface area contributed by atoms with Gasteiger partial charge in [0.1, 0.15) is 11.4 Å². The Hall–Kier alpha value is -1.47. The standard InChI is InChI=1S/C15H23FN2O3S/c1-11(8-9-12-6-5-7-13(16)10-12)17-14(19)15(2,3)18-22(4,20)21/h5-7,10-11,18H,8-9H2,1-4H3,(H,17,19)/t11-/m1/s1. The zero-order chi connectivity index (χ0) is 17.0. The zero-order valence-electron chi connectivity index (χ0n) is 13.3. The summed E-state index contributed by atoms with van der Waals surface area (Å²) in [5.74, 6) is -0.683. The predicted octanol–water partition coefficient (Wildman–Crippen LogP) is 1.59. The number of benzene rings is 1. The van der Waals surface area contributed by atoms with Gasteiger partial charge in [-0.25, -0.2) is 17.5 Å². The molecule has 22 heavy (non-hydrogen) atoms. The third kappa shape index (κ3) is 6.53. The molecule has 0 fully saturated rings. The van der Waals surface area contributed by atoms with Crippen LogP contribution in [0.2, 0.25) is 0 Å². The van der Waals surface area contributed by atoms with Crippen molar-refractivity contribution >= 4 is 15.9 Å². The molecule has 1 aromatic carbocycles. The molecule has 0 aliphatic heterocycles. The van der Waals surface area contributed by atoms with Crippen molar-refractivity contribution in [1.82, 2.24) is 10.0 Å². The summed E-state index contributed by atoms with van der Waals surface area (Å²) >= 11 is 0. The van der Waals surface area contributed by atoms with E-state index in [0.717, 1.165) is 11.8 Å². The smallest absolute Gasteiger partial charge is 0.240 e. The topological polar surface area (TPSA) is 75.3 Å². The lowest BCUT2D eigenvalue weighted by atomic mass is 10.0. The van der Waals surface area contributed by atoms with Crippen molar-refractivity contribution in [3.05, 3.63) is 35.6 Å². The van der Waals surface area contributed by atoms with Crippen LogP contribution in [0.4, 0.5) is 4.39 Å². The molecule has 5 nitrogen and oxygen atoms in total. The lowest BCUT2D eigenvalue weighted by molar-refractivity contribution is -0.126. The fraction of sp³-hybridized carbons (Fsp3) is 0.533. The van der Waals surface area contributed by atoms with Crippen molar-refractivity contribution in [3.63, 3.8) is 0 Å². The summed E-state index contributed by atoms with van der Waals surface area (Å²) < 4.78 is 37.9. The van der Waals surface area contributed by atoms with Gasteiger partial charge in [-0.15, -0.1) is 0 Å². The number of nitrogens with one attached hydrogen (secondary N) is 2. The van der Waals surface area contributed by atoms with Crippen molar-refractivity contribution in [2.45, 2.75) is 45.2 Å². The van der Waals surface area contributed by atoms with Crippen LogP contribution in [0.5, 0.6) is 0 Å². The molecule has 7 heteroatoms. The van der Waals surface area contributed by atoms with E-state index in [0.29, 0.717) is 12.8 Å². The van der Waals surface area contributed by atoms with Crippen molar-refractivity contribution in [3.8, 4) is 0 Å². The second kappa shape index (κ2) is 7.19. The Balaban J connectivity index is 2.54. The molecule has 0 spiro atoms. The van der Waals surface area contributed by atoms with Gasteiger partial charge in [0.15, 0.2) is 0 Å². The van der Waals surface area contributed by atoms with Crippen LogP contribution in [-0.2, 0) is 21.2 Å². The predicted molar refractivity (Wildman–Crippen MR) is 84.4 cm³/mol. The second-order valence-corrected chi connectivity index (χ2v) is 7.79. The van der Waals surface area contributed by atoms with Crippen LogP contribution in [0, 0.1) is 5.82 Å². The van der Waals surface area contributed by atoms with E-state index in [1.807, 2.05) is 13.0 Å². The molecular formula is C15H23FN2O3S. The fourth-order valence-corrected chi connectivity index (χ4v) is 3.08. The molecule has 0 saturated heterocycles. The normalized spacial score (nSPS) is 13.7. The number of hydrogen-bond acceptors (Lipinski definition) is 3. The molecule has 124 valence electrons. The highest BCUT2D eigenvalue weighted by atomic mass is 32.2. The molecule has 1 amide bonds. The average molecular weight is 330 g/mol. The summed E-state index contributed by atoms with van der Waals surface area (Å²) in [6, 6.07) is 6.16. The highest BCUT2D eigenvalue weighted by molar-refractivity contribution is 7.88. The van der Waals surface area contributed by atoms with E-state index in [1.165, 1.54) is 26.0 Å². The molecule has 1 rings (SSSR count). The largest absolute Gasteiger partial charge is 0.352 e. The first-order chi connectivity index (χ1) is 9.99. The maximum Gasteiger partial charge on any atom is 0.240 e. The Morgan fingerprint density at radius 1 is 1.36 bits per heavy atom. The Labute approximate surface area is 131 Å². The Kier molecular flexibility index (Phi) is 6.08. The number of carbonyl (C=O) groups excluding carboxylic acids is 1. The van der Waals surface area contributed by atoms with Crippen LogP contribution < -0.4 is 10.0 Å². The number of halogens is 1. The summed E-state index contributed by atoms with van der Waals surface area (Å²) in [5.41, 5.74) is -0.365. The van der Waals surface area contributed by atoms with Gasteiger partial charge in [-0.3, -0.25) is 4.79 Å². The number of carbonyl (C=O) groups is 1. The van der Waals surface area contributed by atoms with Crippen molar-refractivity contribution in [2.75, 3.05) is 6.26 Å². The Morgan fingerprint density at radius 3 is 2.55 bits per heavy atom. The quantitative estimate of drug-likeness (QED) is 0.797. The van der Waals surface area contributed by atoms with E-state index in [4.69, 9.17) is 0 Å². The second-order valence-electron chi connectivity index (χ2n) is 6.04. The minimum Gasteiger partial charge on any atom is -0.352 e. The molecule has 0 aliphatic rings. The first-order valence-electron chi connectivity index (χ1n) is 7.04. The number of amides is 1. The highest BCUT2D eigenvalue weighted by Crippen LogP contribution is 2.09. The number of aryl methyl sites for hydroxylation is 1. The van der Waals surface area contributed by atoms with Gasteiger partial charge >= 0.3 is 0 Å². The molecule has 0 aromatic heterocycles. The van der Waals surface area contributed by atoms with E-state index in [1.54, 1.807) is 6.07 Å². The van der Waals surface area contributed by atoms with Gasteiger partial charge in [-0.2, -0.15) is 0 Å². The van der Waals surface area contributed by atoms with Gasteiger partial charge in [0.25, 0.3) is 0 Å². The fourth-order valence-electron chi connectivity index (χ4n) is 2.06. The van der Waals surface area contributed by atoms with Crippen LogP contribution in [0.3, 0.4) is 0 Å². The lowest BCUT2D eigenvalue weighted by Gasteiger charge is -2.26. The van der Waals surface area contributed by atoms with Gasteiger partial charge in [0.2, 0.25) is 15.9 Å². The number of rotatable bonds is 7. The van der Waals surface area contributed by atoms with Gasteiger partial charge in [-0.05, 0) is 51.3 Å². The summed E-state index contributed by atoms with van der Waals surface area (Å²) in [7, 11) is -3.48. The maximum absolute atomic E-state index is 13.1. The van der Waals surface area contributed by atoms with Gasteiger partial charge < -0.3 is 5.32 Å². The van der Waals surface area contributed by atoms with E-state index >= 15 is 0 Å². The molecular weight excluding hydrogens is 307 g/mol. The monoisotopic (exact) mass is 330 g/mol. The first-order valence-corrected chi connectivity index (χ1v) is 8.93. The Morgan fingerprint density at radius 2 is 2.00 bits per heavy atom. The summed E-state index contributed by atoms with van der Waals surface area (Å²) in [6.45, 7) is 4.83. The van der Waals surface area contributed by atoms with Gasteiger partial charge in [0, 0.05) is 6.04 Å². The summed E-state index contributed by atoms with van der Waals surface area (Å²) in [5, 5.41) is 2.77. The molecule has 0 radical (unpaired) electrons. The van der Waals surface area contributed by atoms with Gasteiger partial charge in [0.05, 0.1) is 6.26 Å². The van der Waals surface area contributed by atoms with Crippen LogP contribution in [0.25, 0.3) is 0 Å². The van der Waals surface area contributed by atoms with Crippen LogP contribution in [-0.4, -0.2) is 32.2 Å². The van der Waals surface area contributed by atoms with E-state index in [-0.39, 0.29) is 11.9 Å². The SMILES string of the molecule is C[C@H](CCc1cccc(F)c1)NC(=O)C(C)(C)NS(C)(=O)=O. The third-order valence-corrected chi connectivity index (χ3v) is 4.02. The van der Waals surface area contributed by atoms with Crippen LogP contribution in [0.15, 0.2) is 24.3 Å². The maximum atomic E-state index is 13.1. The molecule has 1 atom stereocenters. The number of hydrogen-bond donors (Lipinski definition) is 2. The lowest BCUT2D eigenvalue weighted by Crippen LogP contribution is -2.56. The summed E-state index contributed by atoms with van der Waals surface area (Å²) in [6.07, 6.45) is 2.26. The van der Waals surface area contributed by atoms with E-state index < -0.39 is 21.5 Å². The first kappa shape index (κ1) is 18.6. The highest BCUT2D eigenvalue weighted by Gasteiger charge is 2.31. The van der Waals surface area contributed by atoms with Gasteiger partial charge in [-0.1, -0.05) is 12.1 Å². The van der Waals surface area contributed by atoms with Crippen molar-refractivity contribution < 1.29 is 17.6 Å². The molecule has 0 saturated carbocycles. The molecule has 0 heterocycles. The molecule has 2 N–H and O–H groups in total. The van der Waals surface area contributed by atoms with Crippen LogP contribution >= 0.6 is 0 Å². The van der Waals surface area contributed by atoms with E-state index in [9.17, 15) is 17.6 Å². The minimum absolute atomic E-state index is 0.156. The Bertz CT molecular complexity index is 629. The number of sulfonamides is 1.